The van der Waals surface area contributed by atoms with Crippen molar-refractivity contribution in [2.45, 2.75) is 33.4 Å². The van der Waals surface area contributed by atoms with Crippen LogP contribution in [0.4, 0.5) is 10.5 Å². The maximum absolute atomic E-state index is 12.4. The van der Waals surface area contributed by atoms with Crippen LogP contribution in [0.3, 0.4) is 0 Å². The molecule has 0 saturated heterocycles. The molecule has 146 valence electrons. The topological polar surface area (TPSA) is 117 Å². The molecule has 0 fully saturated rings. The van der Waals surface area contributed by atoms with Gasteiger partial charge in [0.25, 0.3) is 5.56 Å². The van der Waals surface area contributed by atoms with E-state index in [9.17, 15) is 9.59 Å². The van der Waals surface area contributed by atoms with Crippen LogP contribution in [0.25, 0.3) is 11.0 Å². The first kappa shape index (κ1) is 18.2. The molecular formula is C19H23N7O2. The molecule has 4 heterocycles. The van der Waals surface area contributed by atoms with Crippen LogP contribution >= 0.6 is 0 Å². The van der Waals surface area contributed by atoms with E-state index in [4.69, 9.17) is 0 Å². The van der Waals surface area contributed by atoms with Crippen LogP contribution in [-0.4, -0.2) is 32.3 Å². The van der Waals surface area contributed by atoms with Gasteiger partial charge in [0, 0.05) is 44.5 Å². The highest BCUT2D eigenvalue weighted by atomic mass is 16.2. The predicted molar refractivity (Wildman–Crippen MR) is 106 cm³/mol. The van der Waals surface area contributed by atoms with E-state index in [-0.39, 0.29) is 18.1 Å². The van der Waals surface area contributed by atoms with Gasteiger partial charge in [0.05, 0.1) is 17.3 Å². The summed E-state index contributed by atoms with van der Waals surface area (Å²) in [6.07, 6.45) is 2.58. The number of nitrogens with one attached hydrogen (secondary N) is 4. The van der Waals surface area contributed by atoms with Crippen LogP contribution in [0.15, 0.2) is 17.1 Å². The monoisotopic (exact) mass is 381 g/mol. The fraction of sp³-hybridized carbons (Fsp3) is 0.368. The first-order chi connectivity index (χ1) is 13.4. The third-order valence-electron chi connectivity index (χ3n) is 5.17. The number of carbonyl (C=O) groups excluding carboxylic acids is 1. The zero-order chi connectivity index (χ0) is 19.8. The number of amides is 2. The average molecular weight is 381 g/mol. The molecule has 0 radical (unpaired) electrons. The quantitative estimate of drug-likeness (QED) is 0.545. The summed E-state index contributed by atoms with van der Waals surface area (Å²) in [5.41, 5.74) is 5.71. The Morgan fingerprint density at radius 3 is 3.00 bits per heavy atom. The molecule has 0 spiro atoms. The van der Waals surface area contributed by atoms with Crippen LogP contribution in [0.1, 0.15) is 28.1 Å². The molecule has 3 aromatic rings. The minimum absolute atomic E-state index is 0.179. The van der Waals surface area contributed by atoms with Crippen molar-refractivity contribution in [2.75, 3.05) is 11.9 Å². The second kappa shape index (κ2) is 7.08. The Labute approximate surface area is 161 Å². The van der Waals surface area contributed by atoms with Crippen LogP contribution in [0.5, 0.6) is 0 Å². The molecule has 1 aliphatic heterocycles. The summed E-state index contributed by atoms with van der Waals surface area (Å²) in [6, 6.07) is 1.62. The van der Waals surface area contributed by atoms with Crippen molar-refractivity contribution < 1.29 is 4.79 Å². The van der Waals surface area contributed by atoms with Gasteiger partial charge in [-0.1, -0.05) is 0 Å². The van der Waals surface area contributed by atoms with Crippen LogP contribution in [0, 0.1) is 13.8 Å². The van der Waals surface area contributed by atoms with Gasteiger partial charge < -0.3 is 16.0 Å². The van der Waals surface area contributed by atoms with Gasteiger partial charge in [-0.05, 0) is 36.6 Å². The number of H-pyrrole nitrogens is 1. The van der Waals surface area contributed by atoms with E-state index >= 15 is 0 Å². The molecule has 9 heteroatoms. The number of aryl methyl sites for hydroxylation is 3. The molecule has 0 saturated carbocycles. The van der Waals surface area contributed by atoms with Crippen molar-refractivity contribution in [2.24, 2.45) is 7.05 Å². The lowest BCUT2D eigenvalue weighted by Gasteiger charge is -2.17. The normalized spacial score (nSPS) is 13.4. The summed E-state index contributed by atoms with van der Waals surface area (Å²) < 4.78 is 1.61. The second-order valence-corrected chi connectivity index (χ2v) is 7.06. The smallest absolute Gasteiger partial charge is 0.319 e. The van der Waals surface area contributed by atoms with Crippen LogP contribution < -0.4 is 21.5 Å². The molecule has 0 aromatic carbocycles. The van der Waals surface area contributed by atoms with E-state index in [2.05, 4.69) is 31.0 Å². The summed E-state index contributed by atoms with van der Waals surface area (Å²) in [4.78, 5) is 33.4. The number of nitrogens with zero attached hydrogens (tertiary/aromatic N) is 3. The highest BCUT2D eigenvalue weighted by molar-refractivity contribution is 5.89. The Bertz CT molecular complexity index is 1130. The highest BCUT2D eigenvalue weighted by Gasteiger charge is 2.16. The number of fused-ring (bicyclic) bond motifs is 2. The van der Waals surface area contributed by atoms with E-state index in [1.54, 1.807) is 17.9 Å². The standard InChI is InChI=1S/C19H23N7O2/c1-10-14(11(2)23-17-16(10)18(27)25-26(17)3)9-22-19(28)24-13-6-12-7-20-5-4-15(12)21-8-13/h6,8,20H,4-5,7,9H2,1-3H3,(H,25,27)(H2,22,24,28). The molecule has 2 amide bonds. The van der Waals surface area contributed by atoms with Gasteiger partial charge in [0.1, 0.15) is 0 Å². The van der Waals surface area contributed by atoms with E-state index in [1.807, 2.05) is 19.9 Å². The number of aromatic nitrogens is 4. The van der Waals surface area contributed by atoms with Crippen molar-refractivity contribution in [1.29, 1.82) is 0 Å². The molecule has 0 bridgehead atoms. The summed E-state index contributed by atoms with van der Waals surface area (Å²) in [5.74, 6) is 0. The molecule has 4 rings (SSSR count). The van der Waals surface area contributed by atoms with Crippen LogP contribution in [0.2, 0.25) is 0 Å². The lowest BCUT2D eigenvalue weighted by Crippen LogP contribution is -2.30. The van der Waals surface area contributed by atoms with Crippen molar-refractivity contribution in [3.8, 4) is 0 Å². The average Bonchev–Trinajstić information content (AvgIpc) is 2.95. The number of aromatic amines is 1. The lowest BCUT2D eigenvalue weighted by molar-refractivity contribution is 0.251. The van der Waals surface area contributed by atoms with Crippen molar-refractivity contribution in [3.05, 3.63) is 50.7 Å². The molecule has 1 aliphatic rings. The van der Waals surface area contributed by atoms with Gasteiger partial charge in [-0.2, -0.15) is 0 Å². The van der Waals surface area contributed by atoms with Gasteiger partial charge in [0.15, 0.2) is 5.65 Å². The Hall–Kier alpha value is -3.20. The molecular weight excluding hydrogens is 358 g/mol. The predicted octanol–water partition coefficient (Wildman–Crippen LogP) is 1.24. The number of pyridine rings is 2. The Morgan fingerprint density at radius 2 is 2.18 bits per heavy atom. The van der Waals surface area contributed by atoms with Gasteiger partial charge >= 0.3 is 6.03 Å². The van der Waals surface area contributed by atoms with Gasteiger partial charge in [-0.25, -0.2) is 9.78 Å². The number of anilines is 1. The Kier molecular flexibility index (Phi) is 4.60. The lowest BCUT2D eigenvalue weighted by atomic mass is 10.1. The Morgan fingerprint density at radius 1 is 1.36 bits per heavy atom. The van der Waals surface area contributed by atoms with Crippen molar-refractivity contribution >= 4 is 22.8 Å². The summed E-state index contributed by atoms with van der Waals surface area (Å²) in [5, 5.41) is 12.2. The fourth-order valence-electron chi connectivity index (χ4n) is 3.67. The fourth-order valence-corrected chi connectivity index (χ4v) is 3.67. The first-order valence-electron chi connectivity index (χ1n) is 9.22. The minimum atomic E-state index is -0.327. The van der Waals surface area contributed by atoms with Crippen molar-refractivity contribution in [3.63, 3.8) is 0 Å². The third kappa shape index (κ3) is 3.24. The van der Waals surface area contributed by atoms with Gasteiger partial charge in [0.2, 0.25) is 0 Å². The molecule has 4 N–H and O–H groups in total. The van der Waals surface area contributed by atoms with E-state index in [0.717, 1.165) is 47.6 Å². The van der Waals surface area contributed by atoms with E-state index in [1.165, 1.54) is 0 Å². The molecule has 0 unspecified atom stereocenters. The summed E-state index contributed by atoms with van der Waals surface area (Å²) in [7, 11) is 1.75. The Balaban J connectivity index is 1.49. The molecule has 28 heavy (non-hydrogen) atoms. The maximum atomic E-state index is 12.4. The number of hydrogen-bond acceptors (Lipinski definition) is 5. The third-order valence-corrected chi connectivity index (χ3v) is 5.17. The zero-order valence-electron chi connectivity index (χ0n) is 16.1. The first-order valence-corrected chi connectivity index (χ1v) is 9.22. The molecule has 3 aromatic heterocycles. The number of rotatable bonds is 3. The zero-order valence-corrected chi connectivity index (χ0v) is 16.1. The van der Waals surface area contributed by atoms with Crippen molar-refractivity contribution in [1.82, 2.24) is 30.4 Å². The summed E-state index contributed by atoms with van der Waals surface area (Å²) >= 11 is 0. The molecule has 0 aliphatic carbocycles. The highest BCUT2D eigenvalue weighted by Crippen LogP contribution is 2.20. The second-order valence-electron chi connectivity index (χ2n) is 7.06. The van der Waals surface area contributed by atoms with Crippen LogP contribution in [-0.2, 0) is 26.6 Å². The SMILES string of the molecule is Cc1nc2c(c(C)c1CNC(=O)Nc1cnc3c(c1)CNCC3)c(=O)[nH]n2C. The minimum Gasteiger partial charge on any atom is -0.334 e. The number of hydrogen-bond donors (Lipinski definition) is 4. The van der Waals surface area contributed by atoms with E-state index in [0.29, 0.717) is 16.7 Å². The van der Waals surface area contributed by atoms with Gasteiger partial charge in [-0.15, -0.1) is 0 Å². The van der Waals surface area contributed by atoms with Gasteiger partial charge in [-0.3, -0.25) is 19.6 Å². The number of carbonyl (C=O) groups is 1. The maximum Gasteiger partial charge on any atom is 0.319 e. The molecule has 0 atom stereocenters. The number of urea groups is 1. The van der Waals surface area contributed by atoms with E-state index < -0.39 is 0 Å². The largest absolute Gasteiger partial charge is 0.334 e. The summed E-state index contributed by atoms with van der Waals surface area (Å²) in [6.45, 7) is 5.71. The molecule has 9 nitrogen and oxygen atoms in total.